The Morgan fingerprint density at radius 3 is 2.24 bits per heavy atom. The van der Waals surface area contributed by atoms with Gasteiger partial charge in [-0.15, -0.1) is 0 Å². The molecule has 0 saturated heterocycles. The second-order valence-electron chi connectivity index (χ2n) is 7.17. The lowest BCUT2D eigenvalue weighted by Gasteiger charge is -2.11. The van der Waals surface area contributed by atoms with Crippen LogP contribution in [0.15, 0.2) is 71.6 Å². The van der Waals surface area contributed by atoms with E-state index in [0.717, 1.165) is 24.3 Å². The molecular weight excluding hydrogens is 457 g/mol. The van der Waals surface area contributed by atoms with Crippen molar-refractivity contribution in [1.29, 1.82) is 0 Å². The van der Waals surface area contributed by atoms with E-state index >= 15 is 0 Å². The van der Waals surface area contributed by atoms with Crippen molar-refractivity contribution in [3.63, 3.8) is 0 Å². The van der Waals surface area contributed by atoms with Crippen molar-refractivity contribution in [2.75, 3.05) is 17.1 Å². The molecule has 170 valence electrons. The molecule has 1 heterocycles. The molecule has 0 fully saturated rings. The highest BCUT2D eigenvalue weighted by Crippen LogP contribution is 2.35. The van der Waals surface area contributed by atoms with Crippen molar-refractivity contribution >= 4 is 39.0 Å². The van der Waals surface area contributed by atoms with E-state index in [-0.39, 0.29) is 22.1 Å². The zero-order valence-electron chi connectivity index (χ0n) is 17.1. The first-order valence-corrected chi connectivity index (χ1v) is 11.1. The Hall–Kier alpha value is -3.79. The predicted molar refractivity (Wildman–Crippen MR) is 118 cm³/mol. The van der Waals surface area contributed by atoms with Gasteiger partial charge in [-0.25, -0.2) is 8.42 Å². The summed E-state index contributed by atoms with van der Waals surface area (Å²) in [6.45, 7) is 0. The number of hydrogen-bond acceptors (Lipinski definition) is 4. The molecule has 0 aromatic heterocycles. The Morgan fingerprint density at radius 2 is 1.64 bits per heavy atom. The zero-order valence-corrected chi connectivity index (χ0v) is 17.9. The van der Waals surface area contributed by atoms with Gasteiger partial charge in [0.25, 0.3) is 15.9 Å². The molecule has 33 heavy (non-hydrogen) atoms. The number of ether oxygens (including phenoxy) is 1. The van der Waals surface area contributed by atoms with Crippen LogP contribution in [0.1, 0.15) is 16.7 Å². The maximum absolute atomic E-state index is 12.8. The number of fused-ring (bicyclic) bond motifs is 1. The van der Waals surface area contributed by atoms with Gasteiger partial charge in [0.1, 0.15) is 5.75 Å². The number of alkyl halides is 3. The minimum absolute atomic E-state index is 0.0216. The number of halogens is 3. The molecule has 0 atom stereocenters. The lowest BCUT2D eigenvalue weighted by molar-refractivity contribution is -0.137. The van der Waals surface area contributed by atoms with E-state index in [1.54, 1.807) is 30.3 Å². The summed E-state index contributed by atoms with van der Waals surface area (Å²) >= 11 is 0. The lowest BCUT2D eigenvalue weighted by atomic mass is 10.0. The van der Waals surface area contributed by atoms with Gasteiger partial charge >= 0.3 is 6.18 Å². The fourth-order valence-electron chi connectivity index (χ4n) is 3.29. The maximum atomic E-state index is 12.8. The summed E-state index contributed by atoms with van der Waals surface area (Å²) in [6, 6.07) is 14.7. The van der Waals surface area contributed by atoms with Crippen LogP contribution in [0.2, 0.25) is 0 Å². The standard InChI is InChI=1S/C23H17F3N2O4S/c1-32-17-8-2-14(3-9-17)12-20-19-13-18(10-11-21(19)27-22(20)29)33(30,31)28-16-6-4-15(5-7-16)23(24,25)26/h2-13,28H,1H3,(H,27,29). The monoisotopic (exact) mass is 474 g/mol. The van der Waals surface area contributed by atoms with E-state index in [1.165, 1.54) is 25.3 Å². The first kappa shape index (κ1) is 22.4. The lowest BCUT2D eigenvalue weighted by Crippen LogP contribution is -2.13. The Bertz CT molecular complexity index is 1350. The van der Waals surface area contributed by atoms with Gasteiger partial charge in [0, 0.05) is 22.5 Å². The van der Waals surface area contributed by atoms with E-state index in [0.29, 0.717) is 22.6 Å². The maximum Gasteiger partial charge on any atom is 0.416 e. The quantitative estimate of drug-likeness (QED) is 0.510. The average Bonchev–Trinajstić information content (AvgIpc) is 3.08. The summed E-state index contributed by atoms with van der Waals surface area (Å²) in [5.74, 6) is 0.266. The molecule has 1 aliphatic rings. The van der Waals surface area contributed by atoms with Crippen molar-refractivity contribution in [2.24, 2.45) is 0 Å². The number of hydrogen-bond donors (Lipinski definition) is 2. The Kier molecular flexibility index (Phi) is 5.62. The summed E-state index contributed by atoms with van der Waals surface area (Å²) in [6.07, 6.45) is -2.90. The fourth-order valence-corrected chi connectivity index (χ4v) is 4.37. The zero-order chi connectivity index (χ0) is 23.8. The summed E-state index contributed by atoms with van der Waals surface area (Å²) in [5, 5.41) is 2.69. The van der Waals surface area contributed by atoms with Crippen LogP contribution in [0.25, 0.3) is 11.6 Å². The normalized spacial score (nSPS) is 14.7. The van der Waals surface area contributed by atoms with Gasteiger partial charge in [0.15, 0.2) is 0 Å². The predicted octanol–water partition coefficient (Wildman–Crippen LogP) is 5.01. The molecule has 0 spiro atoms. The molecule has 2 N–H and O–H groups in total. The van der Waals surface area contributed by atoms with Crippen LogP contribution in [0.4, 0.5) is 24.5 Å². The van der Waals surface area contributed by atoms with Crippen molar-refractivity contribution in [3.8, 4) is 5.75 Å². The number of carbonyl (C=O) groups is 1. The highest BCUT2D eigenvalue weighted by atomic mass is 32.2. The first-order chi connectivity index (χ1) is 15.6. The topological polar surface area (TPSA) is 84.5 Å². The van der Waals surface area contributed by atoms with Gasteiger partial charge in [-0.3, -0.25) is 9.52 Å². The molecule has 3 aromatic carbocycles. The second-order valence-corrected chi connectivity index (χ2v) is 8.86. The third-order valence-electron chi connectivity index (χ3n) is 4.98. The largest absolute Gasteiger partial charge is 0.497 e. The van der Waals surface area contributed by atoms with Gasteiger partial charge < -0.3 is 10.1 Å². The Balaban J connectivity index is 1.64. The third-order valence-corrected chi connectivity index (χ3v) is 6.35. The molecule has 0 unspecified atom stereocenters. The molecule has 3 aromatic rings. The highest BCUT2D eigenvalue weighted by molar-refractivity contribution is 7.92. The molecule has 10 heteroatoms. The third kappa shape index (κ3) is 4.70. The van der Waals surface area contributed by atoms with E-state index in [4.69, 9.17) is 4.74 Å². The number of sulfonamides is 1. The van der Waals surface area contributed by atoms with Gasteiger partial charge in [-0.05, 0) is 66.2 Å². The molecule has 4 rings (SSSR count). The number of benzene rings is 3. The minimum atomic E-state index is -4.52. The molecule has 0 bridgehead atoms. The molecule has 0 radical (unpaired) electrons. The van der Waals surface area contributed by atoms with Gasteiger partial charge in [0.2, 0.25) is 0 Å². The van der Waals surface area contributed by atoms with E-state index < -0.39 is 21.8 Å². The van der Waals surface area contributed by atoms with Gasteiger partial charge in [-0.1, -0.05) is 12.1 Å². The van der Waals surface area contributed by atoms with Crippen LogP contribution in [0.3, 0.4) is 0 Å². The molecule has 1 aliphatic heterocycles. The van der Waals surface area contributed by atoms with Crippen LogP contribution in [0.5, 0.6) is 5.75 Å². The SMILES string of the molecule is COc1ccc(C=C2C(=O)Nc3ccc(S(=O)(=O)Nc4ccc(C(F)(F)F)cc4)cc32)cc1. The molecule has 0 saturated carbocycles. The van der Waals surface area contributed by atoms with Crippen molar-refractivity contribution in [2.45, 2.75) is 11.1 Å². The summed E-state index contributed by atoms with van der Waals surface area (Å²) in [7, 11) is -2.58. The van der Waals surface area contributed by atoms with Crippen LogP contribution in [-0.2, 0) is 21.0 Å². The Morgan fingerprint density at radius 1 is 0.970 bits per heavy atom. The second kappa shape index (κ2) is 8.28. The van der Waals surface area contributed by atoms with Crippen molar-refractivity contribution in [1.82, 2.24) is 0 Å². The van der Waals surface area contributed by atoms with Crippen LogP contribution in [0, 0.1) is 0 Å². The average molecular weight is 474 g/mol. The number of anilines is 2. The number of methoxy groups -OCH3 is 1. The minimum Gasteiger partial charge on any atom is -0.497 e. The molecule has 1 amide bonds. The first-order valence-electron chi connectivity index (χ1n) is 9.58. The number of carbonyl (C=O) groups excluding carboxylic acids is 1. The van der Waals surface area contributed by atoms with Gasteiger partial charge in [-0.2, -0.15) is 13.2 Å². The number of rotatable bonds is 5. The van der Waals surface area contributed by atoms with Crippen molar-refractivity contribution < 1.29 is 31.1 Å². The number of nitrogens with one attached hydrogen (secondary N) is 2. The summed E-state index contributed by atoms with van der Waals surface area (Å²) in [5.41, 5.74) is 0.929. The van der Waals surface area contributed by atoms with Crippen LogP contribution < -0.4 is 14.8 Å². The molecule has 6 nitrogen and oxygen atoms in total. The number of amides is 1. The van der Waals surface area contributed by atoms with E-state index in [9.17, 15) is 26.4 Å². The summed E-state index contributed by atoms with van der Waals surface area (Å²) < 4.78 is 71.2. The summed E-state index contributed by atoms with van der Waals surface area (Å²) in [4.78, 5) is 12.3. The molecular formula is C23H17F3N2O4S. The van der Waals surface area contributed by atoms with E-state index in [1.807, 2.05) is 0 Å². The molecule has 0 aliphatic carbocycles. The van der Waals surface area contributed by atoms with Crippen LogP contribution in [-0.4, -0.2) is 21.4 Å². The van der Waals surface area contributed by atoms with Crippen molar-refractivity contribution in [3.05, 3.63) is 83.4 Å². The van der Waals surface area contributed by atoms with E-state index in [2.05, 4.69) is 10.0 Å². The Labute approximate surface area is 187 Å². The van der Waals surface area contributed by atoms with Gasteiger partial charge in [0.05, 0.1) is 17.6 Å². The fraction of sp³-hybridized carbons (Fsp3) is 0.0870. The highest BCUT2D eigenvalue weighted by Gasteiger charge is 2.30. The van der Waals surface area contributed by atoms with Crippen LogP contribution >= 0.6 is 0 Å². The smallest absolute Gasteiger partial charge is 0.416 e.